The molecular formula is C25H25F2N5. The monoisotopic (exact) mass is 433 g/mol. The average molecular weight is 434 g/mol. The van der Waals surface area contributed by atoms with Crippen molar-refractivity contribution in [1.82, 2.24) is 14.8 Å². The Morgan fingerprint density at radius 2 is 1.53 bits per heavy atom. The first-order valence-electron chi connectivity index (χ1n) is 10.8. The average Bonchev–Trinajstić information content (AvgIpc) is 3.19. The fourth-order valence-electron chi connectivity index (χ4n) is 4.32. The summed E-state index contributed by atoms with van der Waals surface area (Å²) in [6.07, 6.45) is 1.47. The molecule has 5 nitrogen and oxygen atoms in total. The van der Waals surface area contributed by atoms with Gasteiger partial charge in [-0.25, -0.2) is 13.8 Å². The molecule has 0 aliphatic carbocycles. The van der Waals surface area contributed by atoms with E-state index in [0.717, 1.165) is 22.0 Å². The third-order valence-corrected chi connectivity index (χ3v) is 6.05. The van der Waals surface area contributed by atoms with Crippen LogP contribution in [0.3, 0.4) is 0 Å². The fraction of sp³-hybridized carbons (Fsp3) is 0.280. The molecule has 0 amide bonds. The molecule has 1 fully saturated rings. The van der Waals surface area contributed by atoms with Gasteiger partial charge in [-0.1, -0.05) is 60.7 Å². The predicted octanol–water partition coefficient (Wildman–Crippen LogP) is 5.41. The Balaban J connectivity index is 1.55. The SMILES string of the molecule is Cn1ncc2cc(NC(c3ccccc3)c3ccccc3)nc(N3CCC(F)(F)CC3)c21. The highest BCUT2D eigenvalue weighted by molar-refractivity contribution is 5.91. The molecule has 3 heterocycles. The lowest BCUT2D eigenvalue weighted by atomic mass is 9.99. The summed E-state index contributed by atoms with van der Waals surface area (Å²) in [5, 5.41) is 8.90. The molecule has 0 spiro atoms. The van der Waals surface area contributed by atoms with Crippen LogP contribution in [0, 0.1) is 0 Å². The maximum atomic E-state index is 13.8. The van der Waals surface area contributed by atoms with E-state index in [2.05, 4.69) is 34.7 Å². The largest absolute Gasteiger partial charge is 0.359 e. The topological polar surface area (TPSA) is 46.0 Å². The number of hydrogen-bond acceptors (Lipinski definition) is 4. The van der Waals surface area contributed by atoms with Crippen LogP contribution in [0.1, 0.15) is 30.0 Å². The van der Waals surface area contributed by atoms with Crippen molar-refractivity contribution in [2.24, 2.45) is 7.05 Å². The molecule has 2 aromatic heterocycles. The van der Waals surface area contributed by atoms with E-state index >= 15 is 0 Å². The third-order valence-electron chi connectivity index (χ3n) is 6.05. The van der Waals surface area contributed by atoms with Crippen molar-refractivity contribution >= 4 is 22.5 Å². The first-order chi connectivity index (χ1) is 15.5. The van der Waals surface area contributed by atoms with Crippen molar-refractivity contribution in [2.75, 3.05) is 23.3 Å². The lowest BCUT2D eigenvalue weighted by Gasteiger charge is -2.33. The molecule has 0 saturated carbocycles. The number of fused-ring (bicyclic) bond motifs is 1. The smallest absolute Gasteiger partial charge is 0.251 e. The van der Waals surface area contributed by atoms with Crippen molar-refractivity contribution in [1.29, 1.82) is 0 Å². The highest BCUT2D eigenvalue weighted by Gasteiger charge is 2.35. The minimum Gasteiger partial charge on any atom is -0.359 e. The van der Waals surface area contributed by atoms with Crippen LogP contribution in [-0.4, -0.2) is 33.8 Å². The Kier molecular flexibility index (Phi) is 5.25. The highest BCUT2D eigenvalue weighted by atomic mass is 19.3. The molecule has 0 radical (unpaired) electrons. The van der Waals surface area contributed by atoms with Gasteiger partial charge in [0.15, 0.2) is 5.82 Å². The van der Waals surface area contributed by atoms with Gasteiger partial charge in [0.2, 0.25) is 0 Å². The second kappa shape index (κ2) is 8.22. The minimum absolute atomic E-state index is 0.0995. The van der Waals surface area contributed by atoms with Gasteiger partial charge in [-0.15, -0.1) is 0 Å². The maximum Gasteiger partial charge on any atom is 0.251 e. The molecule has 0 unspecified atom stereocenters. The molecule has 0 bridgehead atoms. The molecule has 1 aliphatic rings. The molecule has 4 aromatic rings. The first kappa shape index (κ1) is 20.4. The second-order valence-corrected chi connectivity index (χ2v) is 8.28. The summed E-state index contributed by atoms with van der Waals surface area (Å²) in [5.41, 5.74) is 3.09. The predicted molar refractivity (Wildman–Crippen MR) is 123 cm³/mol. The van der Waals surface area contributed by atoms with E-state index in [9.17, 15) is 8.78 Å². The van der Waals surface area contributed by atoms with E-state index < -0.39 is 5.92 Å². The van der Waals surface area contributed by atoms with E-state index in [-0.39, 0.29) is 32.0 Å². The summed E-state index contributed by atoms with van der Waals surface area (Å²) in [6, 6.07) is 22.3. The number of benzene rings is 2. The summed E-state index contributed by atoms with van der Waals surface area (Å²) in [7, 11) is 1.86. The Morgan fingerprint density at radius 1 is 0.938 bits per heavy atom. The summed E-state index contributed by atoms with van der Waals surface area (Å²) >= 11 is 0. The number of anilines is 2. The molecule has 164 valence electrons. The van der Waals surface area contributed by atoms with Crippen LogP contribution in [-0.2, 0) is 7.05 Å². The zero-order valence-electron chi connectivity index (χ0n) is 17.9. The van der Waals surface area contributed by atoms with Gasteiger partial charge in [0.05, 0.1) is 12.2 Å². The Hall–Kier alpha value is -3.48. The molecular weight excluding hydrogens is 408 g/mol. The molecule has 1 N–H and O–H groups in total. The minimum atomic E-state index is -2.61. The van der Waals surface area contributed by atoms with Crippen molar-refractivity contribution < 1.29 is 8.78 Å². The molecule has 1 saturated heterocycles. The van der Waals surface area contributed by atoms with Gasteiger partial charge in [-0.2, -0.15) is 5.10 Å². The standard InChI is InChI=1S/C25H25F2N5/c1-31-23-20(17-28-31)16-21(30-24(23)32-14-12-25(26,27)13-15-32)29-22(18-8-4-2-5-9-18)19-10-6-3-7-11-19/h2-11,16-17,22H,12-15H2,1H3,(H,29,30). The normalized spacial score (nSPS) is 15.9. The Labute approximate surface area is 185 Å². The second-order valence-electron chi connectivity index (χ2n) is 8.28. The van der Waals surface area contributed by atoms with Crippen molar-refractivity contribution in [3.05, 3.63) is 84.1 Å². The summed E-state index contributed by atoms with van der Waals surface area (Å²) in [4.78, 5) is 6.86. The third kappa shape index (κ3) is 4.02. The fourth-order valence-corrected chi connectivity index (χ4v) is 4.32. The number of rotatable bonds is 5. The van der Waals surface area contributed by atoms with Gasteiger partial charge in [-0.05, 0) is 17.2 Å². The lowest BCUT2D eigenvalue weighted by molar-refractivity contribution is -0.0221. The zero-order valence-corrected chi connectivity index (χ0v) is 17.9. The molecule has 1 aliphatic heterocycles. The zero-order chi connectivity index (χ0) is 22.1. The Bertz CT molecular complexity index is 1160. The van der Waals surface area contributed by atoms with Gasteiger partial charge in [-0.3, -0.25) is 4.68 Å². The van der Waals surface area contributed by atoms with Gasteiger partial charge in [0.1, 0.15) is 11.3 Å². The van der Waals surface area contributed by atoms with Crippen LogP contribution < -0.4 is 10.2 Å². The van der Waals surface area contributed by atoms with E-state index in [1.807, 2.05) is 54.4 Å². The first-order valence-corrected chi connectivity index (χ1v) is 10.8. The number of halogens is 2. The maximum absolute atomic E-state index is 13.8. The van der Waals surface area contributed by atoms with Crippen LogP contribution >= 0.6 is 0 Å². The van der Waals surface area contributed by atoms with Gasteiger partial charge in [0, 0.05) is 38.4 Å². The van der Waals surface area contributed by atoms with E-state index in [1.165, 1.54) is 0 Å². The summed E-state index contributed by atoms with van der Waals surface area (Å²) in [6.45, 7) is 0.537. The number of pyridine rings is 1. The van der Waals surface area contributed by atoms with Crippen LogP contribution in [0.4, 0.5) is 20.4 Å². The van der Waals surface area contributed by atoms with E-state index in [0.29, 0.717) is 11.6 Å². The molecule has 5 rings (SSSR count). The van der Waals surface area contributed by atoms with Gasteiger partial charge < -0.3 is 10.2 Å². The molecule has 0 atom stereocenters. The van der Waals surface area contributed by atoms with Crippen molar-refractivity contribution in [3.63, 3.8) is 0 Å². The summed E-state index contributed by atoms with van der Waals surface area (Å²) < 4.78 is 29.3. The lowest BCUT2D eigenvalue weighted by Crippen LogP contribution is -2.40. The number of hydrogen-bond donors (Lipinski definition) is 1. The number of aromatic nitrogens is 3. The van der Waals surface area contributed by atoms with E-state index in [4.69, 9.17) is 4.98 Å². The number of nitrogens with zero attached hydrogens (tertiary/aromatic N) is 4. The van der Waals surface area contributed by atoms with Crippen LogP contribution in [0.15, 0.2) is 72.9 Å². The number of alkyl halides is 2. The number of nitrogens with one attached hydrogen (secondary N) is 1. The van der Waals surface area contributed by atoms with Gasteiger partial charge >= 0.3 is 0 Å². The quantitative estimate of drug-likeness (QED) is 0.457. The highest BCUT2D eigenvalue weighted by Crippen LogP contribution is 2.35. The van der Waals surface area contributed by atoms with Crippen molar-refractivity contribution in [2.45, 2.75) is 24.8 Å². The van der Waals surface area contributed by atoms with E-state index in [1.54, 1.807) is 10.9 Å². The van der Waals surface area contributed by atoms with Crippen LogP contribution in [0.25, 0.3) is 10.9 Å². The molecule has 7 heteroatoms. The van der Waals surface area contributed by atoms with Crippen LogP contribution in [0.5, 0.6) is 0 Å². The van der Waals surface area contributed by atoms with Crippen LogP contribution in [0.2, 0.25) is 0 Å². The molecule has 32 heavy (non-hydrogen) atoms. The van der Waals surface area contributed by atoms with Gasteiger partial charge in [0.25, 0.3) is 5.92 Å². The Morgan fingerprint density at radius 3 is 2.12 bits per heavy atom. The molecule has 2 aromatic carbocycles. The van der Waals surface area contributed by atoms with Crippen molar-refractivity contribution in [3.8, 4) is 0 Å². The number of piperidine rings is 1. The number of aryl methyl sites for hydroxylation is 1. The summed E-state index contributed by atoms with van der Waals surface area (Å²) in [5.74, 6) is -1.22.